The van der Waals surface area contributed by atoms with E-state index in [-0.39, 0.29) is 22.9 Å². The summed E-state index contributed by atoms with van der Waals surface area (Å²) in [6.07, 6.45) is -1.12. The minimum Gasteiger partial charge on any atom is -0.378 e. The average molecular weight is 467 g/mol. The molecular weight excluding hydrogens is 437 g/mol. The van der Waals surface area contributed by atoms with Gasteiger partial charge < -0.3 is 4.74 Å². The van der Waals surface area contributed by atoms with Gasteiger partial charge in [-0.25, -0.2) is 13.5 Å². The Kier molecular flexibility index (Phi) is 8.87. The zero-order valence-electron chi connectivity index (χ0n) is 17.9. The van der Waals surface area contributed by atoms with Crippen LogP contribution in [0.25, 0.3) is 0 Å². The Morgan fingerprint density at radius 1 is 1.10 bits per heavy atom. The van der Waals surface area contributed by atoms with E-state index in [0.29, 0.717) is 45.1 Å². The van der Waals surface area contributed by atoms with Gasteiger partial charge in [0.25, 0.3) is 0 Å². The molecule has 7 nitrogen and oxygen atoms in total. The van der Waals surface area contributed by atoms with Gasteiger partial charge in [0.2, 0.25) is 15.9 Å². The molecule has 1 saturated carbocycles. The van der Waals surface area contributed by atoms with Crippen LogP contribution < -0.4 is 0 Å². The van der Waals surface area contributed by atoms with E-state index in [1.807, 2.05) is 0 Å². The van der Waals surface area contributed by atoms with E-state index < -0.39 is 21.8 Å². The summed E-state index contributed by atoms with van der Waals surface area (Å²) in [7, 11) is 0.526. The van der Waals surface area contributed by atoms with Crippen LogP contribution in [0.2, 0.25) is 0 Å². The maximum atomic E-state index is 12.8. The molecule has 0 radical (unpaired) electrons. The largest absolute Gasteiger partial charge is 0.416 e. The van der Waals surface area contributed by atoms with Crippen molar-refractivity contribution >= 4 is 15.9 Å². The lowest BCUT2D eigenvalue weighted by Gasteiger charge is -2.34. The summed E-state index contributed by atoms with van der Waals surface area (Å²) >= 11 is 0. The summed E-state index contributed by atoms with van der Waals surface area (Å²) in [4.78, 5) is 16.3. The smallest absolute Gasteiger partial charge is 0.378 e. The van der Waals surface area contributed by atoms with Crippen LogP contribution in [0.15, 0.2) is 29.2 Å². The molecular formula is C20H29F3N2O5S. The third kappa shape index (κ3) is 6.90. The number of nitrogens with zero attached hydrogens (tertiary/aromatic N) is 2. The van der Waals surface area contributed by atoms with Crippen LogP contribution in [0.3, 0.4) is 0 Å². The third-order valence-electron chi connectivity index (χ3n) is 5.53. The molecule has 31 heavy (non-hydrogen) atoms. The van der Waals surface area contributed by atoms with Gasteiger partial charge in [0.1, 0.15) is 0 Å². The third-order valence-corrected chi connectivity index (χ3v) is 7.45. The van der Waals surface area contributed by atoms with Crippen molar-refractivity contribution in [3.8, 4) is 0 Å². The van der Waals surface area contributed by atoms with Crippen molar-refractivity contribution in [2.45, 2.75) is 61.7 Å². The number of halogens is 3. The molecule has 0 aromatic heterocycles. The lowest BCUT2D eigenvalue weighted by molar-refractivity contribution is -0.169. The van der Waals surface area contributed by atoms with Crippen molar-refractivity contribution in [2.75, 3.05) is 27.8 Å². The molecule has 0 unspecified atom stereocenters. The average Bonchev–Trinajstić information content (AvgIpc) is 2.75. The fourth-order valence-electron chi connectivity index (χ4n) is 3.49. The SMILES string of the molecule is CON(C)C(=O)CCCOC1CCC(N(C)S(=O)(=O)c2ccc(C(F)(F)F)cc2)CC1. The van der Waals surface area contributed by atoms with Crippen molar-refractivity contribution in [3.05, 3.63) is 29.8 Å². The second-order valence-electron chi connectivity index (χ2n) is 7.52. The summed E-state index contributed by atoms with van der Waals surface area (Å²) in [5.74, 6) is -0.134. The maximum absolute atomic E-state index is 12.8. The Bertz CT molecular complexity index is 822. The van der Waals surface area contributed by atoms with Crippen LogP contribution in [-0.4, -0.2) is 63.7 Å². The molecule has 2 rings (SSSR count). The number of amides is 1. The van der Waals surface area contributed by atoms with Crippen LogP contribution in [0.1, 0.15) is 44.1 Å². The topological polar surface area (TPSA) is 76.2 Å². The van der Waals surface area contributed by atoms with Gasteiger partial charge in [-0.1, -0.05) is 0 Å². The van der Waals surface area contributed by atoms with Crippen molar-refractivity contribution < 1.29 is 36.0 Å². The number of carbonyl (C=O) groups is 1. The number of sulfonamides is 1. The highest BCUT2D eigenvalue weighted by molar-refractivity contribution is 7.89. The first-order valence-electron chi connectivity index (χ1n) is 10.0. The molecule has 0 aliphatic heterocycles. The number of benzene rings is 1. The molecule has 1 aromatic carbocycles. The number of hydrogen-bond donors (Lipinski definition) is 0. The zero-order valence-corrected chi connectivity index (χ0v) is 18.7. The normalized spacial score (nSPS) is 20.1. The predicted molar refractivity (Wildman–Crippen MR) is 107 cm³/mol. The molecule has 0 atom stereocenters. The highest BCUT2D eigenvalue weighted by Crippen LogP contribution is 2.32. The lowest BCUT2D eigenvalue weighted by atomic mass is 9.93. The molecule has 0 N–H and O–H groups in total. The fourth-order valence-corrected chi connectivity index (χ4v) is 4.90. The number of hydrogen-bond acceptors (Lipinski definition) is 5. The number of rotatable bonds is 9. The molecule has 0 heterocycles. The van der Waals surface area contributed by atoms with E-state index in [1.165, 1.54) is 18.5 Å². The molecule has 0 saturated heterocycles. The predicted octanol–water partition coefficient (Wildman–Crippen LogP) is 3.45. The van der Waals surface area contributed by atoms with Crippen molar-refractivity contribution in [1.29, 1.82) is 0 Å². The van der Waals surface area contributed by atoms with Crippen molar-refractivity contribution in [3.63, 3.8) is 0 Å². The molecule has 0 spiro atoms. The van der Waals surface area contributed by atoms with Gasteiger partial charge >= 0.3 is 6.18 Å². The van der Waals surface area contributed by atoms with E-state index in [2.05, 4.69) is 0 Å². The Hall–Kier alpha value is -1.69. The second kappa shape index (κ2) is 10.8. The lowest BCUT2D eigenvalue weighted by Crippen LogP contribution is -2.40. The standard InChI is InChI=1S/C20H29F3N2O5S/c1-24(29-3)19(26)5-4-14-30-17-10-8-16(9-11-17)25(2)31(27,28)18-12-6-15(7-13-18)20(21,22)23/h6-7,12-13,16-17H,4-5,8-11,14H2,1-3H3. The van der Waals surface area contributed by atoms with Gasteiger partial charge in [0.05, 0.1) is 23.7 Å². The first-order chi connectivity index (χ1) is 14.5. The van der Waals surface area contributed by atoms with E-state index in [0.717, 1.165) is 29.3 Å². The van der Waals surface area contributed by atoms with Crippen LogP contribution >= 0.6 is 0 Å². The summed E-state index contributed by atoms with van der Waals surface area (Å²) in [6.45, 7) is 0.429. The van der Waals surface area contributed by atoms with Gasteiger partial charge in [0, 0.05) is 33.2 Å². The van der Waals surface area contributed by atoms with Crippen LogP contribution in [0.5, 0.6) is 0 Å². The van der Waals surface area contributed by atoms with Gasteiger partial charge in [-0.2, -0.15) is 17.5 Å². The van der Waals surface area contributed by atoms with Gasteiger partial charge in [-0.3, -0.25) is 9.63 Å². The first kappa shape index (κ1) is 25.6. The molecule has 1 aliphatic rings. The summed E-state index contributed by atoms with van der Waals surface area (Å²) in [5, 5.41) is 1.16. The molecule has 1 aromatic rings. The Labute approximate surface area is 181 Å². The quantitative estimate of drug-likeness (QED) is 0.412. The number of alkyl halides is 3. The monoisotopic (exact) mass is 466 g/mol. The molecule has 1 fully saturated rings. The van der Waals surface area contributed by atoms with Crippen molar-refractivity contribution in [1.82, 2.24) is 9.37 Å². The molecule has 1 aliphatic carbocycles. The minimum absolute atomic E-state index is 0.00585. The second-order valence-corrected chi connectivity index (χ2v) is 9.52. The maximum Gasteiger partial charge on any atom is 0.416 e. The Morgan fingerprint density at radius 3 is 2.19 bits per heavy atom. The Balaban J connectivity index is 1.83. The van der Waals surface area contributed by atoms with Crippen LogP contribution in [-0.2, 0) is 30.6 Å². The summed E-state index contributed by atoms with van der Waals surface area (Å²) in [5.41, 5.74) is -0.887. The molecule has 11 heteroatoms. The zero-order chi connectivity index (χ0) is 23.2. The van der Waals surface area contributed by atoms with E-state index in [4.69, 9.17) is 9.57 Å². The van der Waals surface area contributed by atoms with Crippen LogP contribution in [0, 0.1) is 0 Å². The molecule has 0 bridgehead atoms. The molecule has 176 valence electrons. The number of ether oxygens (including phenoxy) is 1. The van der Waals surface area contributed by atoms with Crippen LogP contribution in [0.4, 0.5) is 13.2 Å². The van der Waals surface area contributed by atoms with Gasteiger partial charge in [-0.15, -0.1) is 0 Å². The fraction of sp³-hybridized carbons (Fsp3) is 0.650. The highest BCUT2D eigenvalue weighted by atomic mass is 32.2. The van der Waals surface area contributed by atoms with Gasteiger partial charge in [0.15, 0.2) is 0 Å². The highest BCUT2D eigenvalue weighted by Gasteiger charge is 2.34. The number of carbonyl (C=O) groups excluding carboxylic acids is 1. The minimum atomic E-state index is -4.51. The number of hydroxylamine groups is 2. The molecule has 1 amide bonds. The Morgan fingerprint density at radius 2 is 1.68 bits per heavy atom. The van der Waals surface area contributed by atoms with E-state index >= 15 is 0 Å². The van der Waals surface area contributed by atoms with E-state index in [9.17, 15) is 26.4 Å². The summed E-state index contributed by atoms with van der Waals surface area (Å²) in [6, 6.07) is 3.29. The van der Waals surface area contributed by atoms with Gasteiger partial charge in [-0.05, 0) is 56.4 Å². The van der Waals surface area contributed by atoms with E-state index in [1.54, 1.807) is 7.05 Å². The summed E-state index contributed by atoms with van der Waals surface area (Å²) < 4.78 is 70.8. The first-order valence-corrected chi connectivity index (χ1v) is 11.5. The van der Waals surface area contributed by atoms with Crippen molar-refractivity contribution in [2.24, 2.45) is 0 Å².